The fourth-order valence-corrected chi connectivity index (χ4v) is 2.79. The van der Waals surface area contributed by atoms with Crippen molar-refractivity contribution in [2.24, 2.45) is 5.14 Å². The summed E-state index contributed by atoms with van der Waals surface area (Å²) in [5, 5.41) is 10.5. The van der Waals surface area contributed by atoms with E-state index in [9.17, 15) is 18.0 Å². The largest absolute Gasteiger partial charge is 0.326 e. The summed E-state index contributed by atoms with van der Waals surface area (Å²) in [7, 11) is -3.90. The summed E-state index contributed by atoms with van der Waals surface area (Å²) in [6.45, 7) is 4.89. The van der Waals surface area contributed by atoms with Crippen molar-refractivity contribution in [3.05, 3.63) is 53.1 Å². The number of benzene rings is 2. The fraction of sp³-hybridized carbons (Fsp3) is 0.176. The van der Waals surface area contributed by atoms with Gasteiger partial charge in [0, 0.05) is 23.9 Å². The summed E-state index contributed by atoms with van der Waals surface area (Å²) in [5.74, 6) is -0.691. The van der Waals surface area contributed by atoms with Crippen LogP contribution < -0.4 is 15.8 Å². The highest BCUT2D eigenvalue weighted by atomic mass is 32.2. The highest BCUT2D eigenvalue weighted by Gasteiger charge is 2.16. The van der Waals surface area contributed by atoms with Gasteiger partial charge in [-0.15, -0.1) is 0 Å². The molecule has 0 aromatic heterocycles. The average molecular weight is 361 g/mol. The van der Waals surface area contributed by atoms with E-state index in [4.69, 9.17) is 5.14 Å². The lowest BCUT2D eigenvalue weighted by Gasteiger charge is -2.13. The van der Waals surface area contributed by atoms with Crippen molar-refractivity contribution in [1.29, 1.82) is 0 Å². The van der Waals surface area contributed by atoms with E-state index in [-0.39, 0.29) is 16.4 Å². The van der Waals surface area contributed by atoms with Crippen LogP contribution in [0.4, 0.5) is 11.4 Å². The molecule has 2 amide bonds. The van der Waals surface area contributed by atoms with Crippen molar-refractivity contribution in [2.75, 3.05) is 10.6 Å². The van der Waals surface area contributed by atoms with E-state index in [0.717, 1.165) is 5.56 Å². The molecule has 8 heteroatoms. The van der Waals surface area contributed by atoms with Gasteiger partial charge in [-0.2, -0.15) is 0 Å². The summed E-state index contributed by atoms with van der Waals surface area (Å²) in [6.07, 6.45) is 0. The number of anilines is 2. The maximum Gasteiger partial charge on any atom is 0.255 e. The van der Waals surface area contributed by atoms with Crippen molar-refractivity contribution in [1.82, 2.24) is 0 Å². The number of nitrogens with one attached hydrogen (secondary N) is 2. The molecule has 2 aromatic rings. The Bertz CT molecular complexity index is 952. The number of carbonyl (C=O) groups excluding carboxylic acids is 2. The number of amides is 2. The van der Waals surface area contributed by atoms with Gasteiger partial charge in [0.25, 0.3) is 5.91 Å². The Balaban J connectivity index is 2.36. The predicted octanol–water partition coefficient (Wildman–Crippen LogP) is 2.16. The number of aryl methyl sites for hydroxylation is 2. The zero-order chi connectivity index (χ0) is 18.8. The molecule has 0 fully saturated rings. The molecule has 2 rings (SSSR count). The van der Waals surface area contributed by atoms with Crippen molar-refractivity contribution >= 4 is 33.2 Å². The molecule has 0 heterocycles. The normalized spacial score (nSPS) is 11.0. The van der Waals surface area contributed by atoms with E-state index in [2.05, 4.69) is 10.6 Å². The van der Waals surface area contributed by atoms with E-state index < -0.39 is 15.9 Å². The van der Waals surface area contributed by atoms with Crippen LogP contribution in [0, 0.1) is 13.8 Å². The number of carbonyl (C=O) groups is 2. The molecule has 0 aliphatic carbocycles. The molecule has 2 aromatic carbocycles. The van der Waals surface area contributed by atoms with Gasteiger partial charge in [-0.3, -0.25) is 9.59 Å². The maximum absolute atomic E-state index is 12.6. The Morgan fingerprint density at radius 1 is 0.960 bits per heavy atom. The van der Waals surface area contributed by atoms with Crippen molar-refractivity contribution in [3.63, 3.8) is 0 Å². The summed E-state index contributed by atoms with van der Waals surface area (Å²) in [6, 6.07) is 9.23. The Morgan fingerprint density at radius 2 is 1.60 bits per heavy atom. The molecule has 0 spiro atoms. The molecule has 25 heavy (non-hydrogen) atoms. The van der Waals surface area contributed by atoms with Gasteiger partial charge in [0.15, 0.2) is 0 Å². The van der Waals surface area contributed by atoms with Crippen LogP contribution in [0.2, 0.25) is 0 Å². The minimum Gasteiger partial charge on any atom is -0.326 e. The second kappa shape index (κ2) is 7.04. The quantitative estimate of drug-likeness (QED) is 0.773. The van der Waals surface area contributed by atoms with Gasteiger partial charge in [-0.05, 0) is 49.2 Å². The summed E-state index contributed by atoms with van der Waals surface area (Å²) in [4.78, 5) is 23.6. The topological polar surface area (TPSA) is 118 Å². The number of rotatable bonds is 4. The zero-order valence-corrected chi connectivity index (χ0v) is 14.9. The van der Waals surface area contributed by atoms with Gasteiger partial charge in [-0.1, -0.05) is 12.1 Å². The van der Waals surface area contributed by atoms with E-state index in [1.165, 1.54) is 25.1 Å². The van der Waals surface area contributed by atoms with Crippen LogP contribution in [0.3, 0.4) is 0 Å². The molecule has 0 atom stereocenters. The Hall–Kier alpha value is -2.71. The Morgan fingerprint density at radius 3 is 2.20 bits per heavy atom. The third kappa shape index (κ3) is 4.65. The van der Waals surface area contributed by atoms with Crippen LogP contribution >= 0.6 is 0 Å². The van der Waals surface area contributed by atoms with E-state index in [0.29, 0.717) is 16.9 Å². The lowest BCUT2D eigenvalue weighted by molar-refractivity contribution is -0.114. The van der Waals surface area contributed by atoms with Gasteiger partial charge < -0.3 is 10.6 Å². The zero-order valence-electron chi connectivity index (χ0n) is 14.1. The summed E-state index contributed by atoms with van der Waals surface area (Å²) >= 11 is 0. The third-order valence-corrected chi connectivity index (χ3v) is 4.50. The second-order valence-corrected chi connectivity index (χ2v) is 7.25. The average Bonchev–Trinajstić information content (AvgIpc) is 2.49. The predicted molar refractivity (Wildman–Crippen MR) is 96.0 cm³/mol. The highest BCUT2D eigenvalue weighted by Crippen LogP contribution is 2.22. The smallest absolute Gasteiger partial charge is 0.255 e. The Labute approximate surface area is 146 Å². The molecule has 0 radical (unpaired) electrons. The first-order chi connectivity index (χ1) is 11.6. The third-order valence-electron chi connectivity index (χ3n) is 3.59. The Kier molecular flexibility index (Phi) is 5.24. The van der Waals surface area contributed by atoms with Gasteiger partial charge in [0.1, 0.15) is 0 Å². The molecule has 0 saturated carbocycles. The minimum absolute atomic E-state index is 0.132. The molecule has 132 valence electrons. The molecule has 0 aliphatic heterocycles. The second-order valence-electron chi connectivity index (χ2n) is 5.69. The molecule has 7 nitrogen and oxygen atoms in total. The first-order valence-electron chi connectivity index (χ1n) is 7.41. The fourth-order valence-electron chi connectivity index (χ4n) is 2.25. The molecule has 0 aliphatic rings. The monoisotopic (exact) mass is 361 g/mol. The van der Waals surface area contributed by atoms with Crippen LogP contribution in [0.5, 0.6) is 0 Å². The molecule has 0 bridgehead atoms. The van der Waals surface area contributed by atoms with Crippen LogP contribution in [0.15, 0.2) is 41.3 Å². The maximum atomic E-state index is 12.6. The lowest BCUT2D eigenvalue weighted by Crippen LogP contribution is -2.17. The number of primary sulfonamides is 1. The molecule has 0 unspecified atom stereocenters. The highest BCUT2D eigenvalue weighted by molar-refractivity contribution is 7.89. The van der Waals surface area contributed by atoms with Crippen LogP contribution in [-0.2, 0) is 14.8 Å². The first-order valence-corrected chi connectivity index (χ1v) is 8.95. The summed E-state index contributed by atoms with van der Waals surface area (Å²) in [5.41, 5.74) is 2.67. The van der Waals surface area contributed by atoms with Crippen molar-refractivity contribution in [2.45, 2.75) is 25.7 Å². The van der Waals surface area contributed by atoms with Crippen LogP contribution in [-0.4, -0.2) is 20.2 Å². The van der Waals surface area contributed by atoms with Gasteiger partial charge in [-0.25, -0.2) is 13.6 Å². The van der Waals surface area contributed by atoms with E-state index in [1.54, 1.807) is 32.0 Å². The molecule has 4 N–H and O–H groups in total. The first kappa shape index (κ1) is 18.6. The van der Waals surface area contributed by atoms with Gasteiger partial charge in [0.2, 0.25) is 15.9 Å². The number of nitrogens with two attached hydrogens (primary N) is 1. The number of hydrogen-bond donors (Lipinski definition) is 3. The molecular formula is C17H19N3O4S. The lowest BCUT2D eigenvalue weighted by atomic mass is 10.1. The van der Waals surface area contributed by atoms with E-state index in [1.807, 2.05) is 0 Å². The number of hydrogen-bond acceptors (Lipinski definition) is 4. The summed E-state index contributed by atoms with van der Waals surface area (Å²) < 4.78 is 23.0. The minimum atomic E-state index is -3.90. The molecule has 0 saturated heterocycles. The van der Waals surface area contributed by atoms with Crippen LogP contribution in [0.1, 0.15) is 28.4 Å². The van der Waals surface area contributed by atoms with Crippen molar-refractivity contribution in [3.8, 4) is 0 Å². The number of sulfonamides is 1. The SMILES string of the molecule is CC(=O)Nc1ccc(C)c(NC(=O)c2cc(S(N)(=O)=O)ccc2C)c1. The molecular weight excluding hydrogens is 342 g/mol. The van der Waals surface area contributed by atoms with Crippen molar-refractivity contribution < 1.29 is 18.0 Å². The standard InChI is InChI=1S/C17H19N3O4S/c1-10-5-7-14(25(18,23)24)9-15(10)17(22)20-16-8-13(19-12(3)21)6-4-11(16)2/h4-9H,1-3H3,(H,19,21)(H,20,22)(H2,18,23,24). The van der Waals surface area contributed by atoms with Crippen LogP contribution in [0.25, 0.3) is 0 Å². The van der Waals surface area contributed by atoms with E-state index >= 15 is 0 Å². The van der Waals surface area contributed by atoms with Gasteiger partial charge in [0.05, 0.1) is 4.90 Å². The van der Waals surface area contributed by atoms with Gasteiger partial charge >= 0.3 is 0 Å².